The summed E-state index contributed by atoms with van der Waals surface area (Å²) in [6.45, 7) is 3.78. The van der Waals surface area contributed by atoms with Crippen LogP contribution in [0.1, 0.15) is 22.4 Å². The topological polar surface area (TPSA) is 61.2 Å². The van der Waals surface area contributed by atoms with Gasteiger partial charge in [0.2, 0.25) is 11.8 Å². The SMILES string of the molecule is Cc1sc(N2C(=O)[C@H]3[C@H](C2=O)[C@H]2C=C[C@@H]3C2)c(C#N)c1C. The van der Waals surface area contributed by atoms with Crippen molar-refractivity contribution >= 4 is 28.2 Å². The minimum Gasteiger partial charge on any atom is -0.274 e. The van der Waals surface area contributed by atoms with Gasteiger partial charge in [-0.15, -0.1) is 11.3 Å². The van der Waals surface area contributed by atoms with Gasteiger partial charge < -0.3 is 0 Å². The number of amides is 2. The van der Waals surface area contributed by atoms with Crippen LogP contribution in [0.3, 0.4) is 0 Å². The Bertz CT molecular complexity index is 725. The molecule has 0 radical (unpaired) electrons. The highest BCUT2D eigenvalue weighted by Gasteiger charge is 2.60. The fourth-order valence-electron chi connectivity index (χ4n) is 4.00. The predicted octanol–water partition coefficient (Wildman–Crippen LogP) is 2.55. The van der Waals surface area contributed by atoms with Gasteiger partial charge in [-0.3, -0.25) is 9.59 Å². The third-order valence-electron chi connectivity index (χ3n) is 5.15. The van der Waals surface area contributed by atoms with Gasteiger partial charge in [0, 0.05) is 4.88 Å². The Balaban J connectivity index is 1.82. The zero-order valence-electron chi connectivity index (χ0n) is 11.8. The number of aryl methyl sites for hydroxylation is 1. The van der Waals surface area contributed by atoms with Crippen molar-refractivity contribution < 1.29 is 9.59 Å². The molecule has 0 unspecified atom stereocenters. The molecule has 4 rings (SSSR count). The van der Waals surface area contributed by atoms with Crippen molar-refractivity contribution in [1.29, 1.82) is 5.26 Å². The number of fused-ring (bicyclic) bond motifs is 5. The van der Waals surface area contributed by atoms with Crippen LogP contribution < -0.4 is 4.90 Å². The van der Waals surface area contributed by atoms with Crippen LogP contribution in [0.5, 0.6) is 0 Å². The average Bonchev–Trinajstić information content (AvgIpc) is 3.17. The molecule has 0 spiro atoms. The monoisotopic (exact) mass is 298 g/mol. The summed E-state index contributed by atoms with van der Waals surface area (Å²) in [5, 5.41) is 9.88. The number of nitrogens with zero attached hydrogens (tertiary/aromatic N) is 2. The first-order valence-corrected chi connectivity index (χ1v) is 7.92. The minimum atomic E-state index is -0.207. The molecule has 21 heavy (non-hydrogen) atoms. The van der Waals surface area contributed by atoms with E-state index in [4.69, 9.17) is 0 Å². The van der Waals surface area contributed by atoms with E-state index in [9.17, 15) is 14.9 Å². The number of hydrogen-bond acceptors (Lipinski definition) is 4. The largest absolute Gasteiger partial charge is 0.274 e. The Hall–Kier alpha value is -1.93. The lowest BCUT2D eigenvalue weighted by atomic mass is 9.85. The summed E-state index contributed by atoms with van der Waals surface area (Å²) in [4.78, 5) is 27.8. The number of anilines is 1. The van der Waals surface area contributed by atoms with Crippen LogP contribution in [0.4, 0.5) is 5.00 Å². The van der Waals surface area contributed by atoms with E-state index in [2.05, 4.69) is 18.2 Å². The van der Waals surface area contributed by atoms with Crippen molar-refractivity contribution in [3.63, 3.8) is 0 Å². The molecule has 3 aliphatic rings. The van der Waals surface area contributed by atoms with Crippen molar-refractivity contribution in [3.05, 3.63) is 28.2 Å². The van der Waals surface area contributed by atoms with Crippen molar-refractivity contribution in [1.82, 2.24) is 0 Å². The van der Waals surface area contributed by atoms with Gasteiger partial charge in [-0.1, -0.05) is 12.2 Å². The second-order valence-electron chi connectivity index (χ2n) is 6.09. The molecule has 4 atom stereocenters. The standard InChI is InChI=1S/C16H14N2O2S/c1-7-8(2)21-16(11(7)6-17)18-14(19)12-9-3-4-10(5-9)13(12)15(18)20/h3-4,9-10,12-13H,5H2,1-2H3/t9-,10+,12-,13-/m1/s1. The Kier molecular flexibility index (Phi) is 2.46. The van der Waals surface area contributed by atoms with E-state index in [-0.39, 0.29) is 35.5 Å². The van der Waals surface area contributed by atoms with Crippen LogP contribution >= 0.6 is 11.3 Å². The third-order valence-corrected chi connectivity index (χ3v) is 6.34. The Morgan fingerprint density at radius 1 is 1.19 bits per heavy atom. The van der Waals surface area contributed by atoms with E-state index in [1.807, 2.05) is 13.8 Å². The minimum absolute atomic E-state index is 0.111. The van der Waals surface area contributed by atoms with Gasteiger partial charge in [0.15, 0.2) is 0 Å². The molecule has 2 amide bonds. The van der Waals surface area contributed by atoms with Gasteiger partial charge in [0.1, 0.15) is 11.1 Å². The zero-order chi connectivity index (χ0) is 14.9. The summed E-state index contributed by atoms with van der Waals surface area (Å²) in [6, 6.07) is 2.16. The molecule has 2 heterocycles. The van der Waals surface area contributed by atoms with Crippen LogP contribution in [-0.2, 0) is 9.59 Å². The first-order chi connectivity index (χ1) is 10.0. The van der Waals surface area contributed by atoms with E-state index >= 15 is 0 Å². The molecule has 2 bridgehead atoms. The van der Waals surface area contributed by atoms with Crippen molar-refractivity contribution in [2.24, 2.45) is 23.7 Å². The molecule has 0 aromatic carbocycles. The quantitative estimate of drug-likeness (QED) is 0.591. The van der Waals surface area contributed by atoms with E-state index in [1.54, 1.807) is 0 Å². The fraction of sp³-hybridized carbons (Fsp3) is 0.438. The maximum atomic E-state index is 12.7. The molecule has 5 heteroatoms. The Morgan fingerprint density at radius 2 is 1.76 bits per heavy atom. The highest BCUT2D eigenvalue weighted by Crippen LogP contribution is 2.54. The van der Waals surface area contributed by atoms with E-state index in [0.717, 1.165) is 16.9 Å². The molecule has 2 fully saturated rings. The van der Waals surface area contributed by atoms with E-state index < -0.39 is 0 Å². The lowest BCUT2D eigenvalue weighted by Gasteiger charge is -2.15. The van der Waals surface area contributed by atoms with Crippen LogP contribution in [0, 0.1) is 48.9 Å². The molecule has 2 aliphatic carbocycles. The first-order valence-electron chi connectivity index (χ1n) is 7.10. The van der Waals surface area contributed by atoms with Gasteiger partial charge in [0.05, 0.1) is 17.4 Å². The molecule has 1 saturated heterocycles. The summed E-state index contributed by atoms with van der Waals surface area (Å²) in [7, 11) is 0. The fourth-order valence-corrected chi connectivity index (χ4v) is 5.12. The molecule has 1 aromatic heterocycles. The number of imide groups is 1. The Labute approximate surface area is 126 Å². The van der Waals surface area contributed by atoms with Crippen LogP contribution in [0.2, 0.25) is 0 Å². The Morgan fingerprint density at radius 3 is 2.29 bits per heavy atom. The maximum Gasteiger partial charge on any atom is 0.238 e. The number of hydrogen-bond donors (Lipinski definition) is 0. The highest BCUT2D eigenvalue weighted by molar-refractivity contribution is 7.17. The van der Waals surface area contributed by atoms with E-state index in [0.29, 0.717) is 10.6 Å². The normalized spacial score (nSPS) is 32.9. The molecule has 1 aromatic rings. The summed E-state index contributed by atoms with van der Waals surface area (Å²) < 4.78 is 0. The summed E-state index contributed by atoms with van der Waals surface area (Å²) in [5.74, 6) is -0.231. The summed E-state index contributed by atoms with van der Waals surface area (Å²) in [6.07, 6.45) is 5.08. The number of nitriles is 1. The predicted molar refractivity (Wildman–Crippen MR) is 78.7 cm³/mol. The second kappa shape index (κ2) is 4.05. The molecule has 0 N–H and O–H groups in total. The molecular weight excluding hydrogens is 284 g/mol. The lowest BCUT2D eigenvalue weighted by Crippen LogP contribution is -2.32. The van der Waals surface area contributed by atoms with Crippen LogP contribution in [0.25, 0.3) is 0 Å². The molecule has 1 aliphatic heterocycles. The highest BCUT2D eigenvalue weighted by atomic mass is 32.1. The number of thiophene rings is 1. The van der Waals surface area contributed by atoms with Gasteiger partial charge in [-0.05, 0) is 37.7 Å². The lowest BCUT2D eigenvalue weighted by molar-refractivity contribution is -0.123. The smallest absolute Gasteiger partial charge is 0.238 e. The van der Waals surface area contributed by atoms with Crippen LogP contribution in [-0.4, -0.2) is 11.8 Å². The first kappa shape index (κ1) is 12.8. The van der Waals surface area contributed by atoms with Crippen molar-refractivity contribution in [2.75, 3.05) is 4.90 Å². The van der Waals surface area contributed by atoms with Gasteiger partial charge in [-0.2, -0.15) is 5.26 Å². The zero-order valence-corrected chi connectivity index (χ0v) is 12.6. The summed E-state index contributed by atoms with van der Waals surface area (Å²) in [5.41, 5.74) is 1.34. The molecule has 4 nitrogen and oxygen atoms in total. The number of allylic oxidation sites excluding steroid dienone is 2. The van der Waals surface area contributed by atoms with Crippen LogP contribution in [0.15, 0.2) is 12.2 Å². The maximum absolute atomic E-state index is 12.7. The van der Waals surface area contributed by atoms with Gasteiger partial charge in [-0.25, -0.2) is 4.90 Å². The molecule has 106 valence electrons. The second-order valence-corrected chi connectivity index (χ2v) is 7.29. The van der Waals surface area contributed by atoms with Gasteiger partial charge >= 0.3 is 0 Å². The number of carbonyl (C=O) groups is 2. The van der Waals surface area contributed by atoms with Gasteiger partial charge in [0.25, 0.3) is 0 Å². The number of rotatable bonds is 1. The molecular formula is C16H14N2O2S. The van der Waals surface area contributed by atoms with Crippen molar-refractivity contribution in [2.45, 2.75) is 20.3 Å². The third kappa shape index (κ3) is 1.43. The van der Waals surface area contributed by atoms with E-state index in [1.165, 1.54) is 16.2 Å². The average molecular weight is 298 g/mol. The summed E-state index contributed by atoms with van der Waals surface area (Å²) >= 11 is 1.37. The number of carbonyl (C=O) groups excluding carboxylic acids is 2. The van der Waals surface area contributed by atoms with Crippen molar-refractivity contribution in [3.8, 4) is 6.07 Å². The molecule has 1 saturated carbocycles.